The zero-order chi connectivity index (χ0) is 42.6. The minimum Gasteiger partial charge on any atom is -0.462 e. The largest absolute Gasteiger partial charge is 0.462 e. The third kappa shape index (κ3) is 45.5. The smallest absolute Gasteiger partial charge is 0.306 e. The molecular weight excluding hydrogens is 721 g/mol. The third-order valence-electron chi connectivity index (χ3n) is 11.7. The Kier molecular flexibility index (Phi) is 43.7. The van der Waals surface area contributed by atoms with Crippen molar-refractivity contribution in [2.24, 2.45) is 11.8 Å². The zero-order valence-corrected chi connectivity index (χ0v) is 39.7. The molecule has 0 aromatic carbocycles. The minimum atomic E-state index is -0.762. The second-order valence-corrected chi connectivity index (χ2v) is 18.8. The molecule has 0 aliphatic carbocycles. The maximum Gasteiger partial charge on any atom is 0.306 e. The van der Waals surface area contributed by atoms with E-state index in [2.05, 4.69) is 34.6 Å². The van der Waals surface area contributed by atoms with Crippen molar-refractivity contribution in [2.45, 2.75) is 291 Å². The van der Waals surface area contributed by atoms with Crippen LogP contribution in [-0.4, -0.2) is 37.2 Å². The van der Waals surface area contributed by atoms with E-state index in [1.165, 1.54) is 173 Å². The van der Waals surface area contributed by atoms with Gasteiger partial charge in [-0.1, -0.05) is 247 Å². The number of rotatable bonds is 46. The Labute approximate surface area is 361 Å². The van der Waals surface area contributed by atoms with Crippen LogP contribution in [-0.2, 0) is 28.6 Å². The van der Waals surface area contributed by atoms with Crippen molar-refractivity contribution in [3.8, 4) is 0 Å². The first kappa shape index (κ1) is 56.4. The summed E-state index contributed by atoms with van der Waals surface area (Å²) in [7, 11) is 0. The Morgan fingerprint density at radius 1 is 0.328 bits per heavy atom. The summed E-state index contributed by atoms with van der Waals surface area (Å²) >= 11 is 0. The molecule has 0 fully saturated rings. The molecule has 0 aliphatic rings. The molecule has 344 valence electrons. The van der Waals surface area contributed by atoms with Crippen molar-refractivity contribution in [1.29, 1.82) is 0 Å². The molecule has 1 atom stereocenters. The Balaban J connectivity index is 4.29. The number of carbonyl (C=O) groups is 3. The van der Waals surface area contributed by atoms with Crippen molar-refractivity contribution in [3.63, 3.8) is 0 Å². The van der Waals surface area contributed by atoms with Gasteiger partial charge in [-0.25, -0.2) is 0 Å². The van der Waals surface area contributed by atoms with Crippen LogP contribution >= 0.6 is 0 Å². The van der Waals surface area contributed by atoms with Crippen LogP contribution in [0.15, 0.2) is 0 Å². The molecule has 0 amide bonds. The molecule has 0 aromatic heterocycles. The van der Waals surface area contributed by atoms with Gasteiger partial charge in [0.15, 0.2) is 6.10 Å². The third-order valence-corrected chi connectivity index (χ3v) is 11.7. The molecule has 0 aliphatic heterocycles. The van der Waals surface area contributed by atoms with Gasteiger partial charge in [-0.2, -0.15) is 0 Å². The van der Waals surface area contributed by atoms with Gasteiger partial charge in [0.2, 0.25) is 0 Å². The molecule has 6 heteroatoms. The number of unbranched alkanes of at least 4 members (excludes halogenated alkanes) is 31. The van der Waals surface area contributed by atoms with Gasteiger partial charge in [0.1, 0.15) is 13.2 Å². The zero-order valence-electron chi connectivity index (χ0n) is 39.7. The first-order valence-corrected chi connectivity index (χ1v) is 25.7. The summed E-state index contributed by atoms with van der Waals surface area (Å²) in [6.07, 6.45) is 45.2. The van der Waals surface area contributed by atoms with Gasteiger partial charge >= 0.3 is 17.9 Å². The Hall–Kier alpha value is -1.59. The van der Waals surface area contributed by atoms with Crippen LogP contribution in [0.2, 0.25) is 0 Å². The minimum absolute atomic E-state index is 0.0642. The molecule has 0 N–H and O–H groups in total. The van der Waals surface area contributed by atoms with Crippen molar-refractivity contribution in [2.75, 3.05) is 13.2 Å². The molecule has 0 heterocycles. The summed E-state index contributed by atoms with van der Waals surface area (Å²) in [4.78, 5) is 37.9. The van der Waals surface area contributed by atoms with E-state index >= 15 is 0 Å². The van der Waals surface area contributed by atoms with E-state index < -0.39 is 6.10 Å². The predicted octanol–water partition coefficient (Wildman–Crippen LogP) is 16.5. The van der Waals surface area contributed by atoms with Crippen LogP contribution in [0.25, 0.3) is 0 Å². The number of hydrogen-bond acceptors (Lipinski definition) is 6. The normalized spacial score (nSPS) is 12.1. The first-order chi connectivity index (χ1) is 28.2. The van der Waals surface area contributed by atoms with E-state index in [9.17, 15) is 14.4 Å². The van der Waals surface area contributed by atoms with Crippen LogP contribution in [0.5, 0.6) is 0 Å². The summed E-state index contributed by atoms with van der Waals surface area (Å²) in [5.41, 5.74) is 0. The van der Waals surface area contributed by atoms with E-state index in [0.29, 0.717) is 19.3 Å². The van der Waals surface area contributed by atoms with E-state index in [1.54, 1.807) is 0 Å². The van der Waals surface area contributed by atoms with Gasteiger partial charge in [-0.15, -0.1) is 0 Å². The first-order valence-electron chi connectivity index (χ1n) is 25.7. The summed E-state index contributed by atoms with van der Waals surface area (Å²) in [5.74, 6) is 0.755. The van der Waals surface area contributed by atoms with Gasteiger partial charge in [-0.3, -0.25) is 14.4 Å². The van der Waals surface area contributed by atoms with E-state index in [1.807, 2.05) is 0 Å². The van der Waals surface area contributed by atoms with Crippen LogP contribution < -0.4 is 0 Å². The second-order valence-electron chi connectivity index (χ2n) is 18.8. The van der Waals surface area contributed by atoms with Gasteiger partial charge in [0.25, 0.3) is 0 Å². The van der Waals surface area contributed by atoms with Gasteiger partial charge in [0, 0.05) is 19.3 Å². The molecule has 6 nitrogen and oxygen atoms in total. The van der Waals surface area contributed by atoms with Gasteiger partial charge in [-0.05, 0) is 31.1 Å². The average molecular weight is 821 g/mol. The molecule has 0 aromatic rings. The number of hydrogen-bond donors (Lipinski definition) is 0. The van der Waals surface area contributed by atoms with Crippen LogP contribution in [0, 0.1) is 11.8 Å². The Morgan fingerprint density at radius 2 is 0.569 bits per heavy atom. The fourth-order valence-corrected chi connectivity index (χ4v) is 7.81. The maximum atomic E-state index is 12.8. The van der Waals surface area contributed by atoms with E-state index in [0.717, 1.165) is 69.6 Å². The molecule has 0 spiro atoms. The van der Waals surface area contributed by atoms with Crippen LogP contribution in [0.3, 0.4) is 0 Å². The highest BCUT2D eigenvalue weighted by Crippen LogP contribution is 2.17. The molecule has 0 bridgehead atoms. The van der Waals surface area contributed by atoms with Crippen LogP contribution in [0.1, 0.15) is 285 Å². The van der Waals surface area contributed by atoms with E-state index in [-0.39, 0.29) is 31.1 Å². The van der Waals surface area contributed by atoms with Crippen molar-refractivity contribution >= 4 is 17.9 Å². The number of ether oxygens (including phenoxy) is 3. The fourth-order valence-electron chi connectivity index (χ4n) is 7.81. The number of carbonyl (C=O) groups excluding carboxylic acids is 3. The maximum absolute atomic E-state index is 12.8. The molecule has 0 rings (SSSR count). The highest BCUT2D eigenvalue weighted by Gasteiger charge is 2.19. The summed E-state index contributed by atoms with van der Waals surface area (Å²) in [5, 5.41) is 0. The Morgan fingerprint density at radius 3 is 0.845 bits per heavy atom. The lowest BCUT2D eigenvalue weighted by Gasteiger charge is -2.18. The monoisotopic (exact) mass is 821 g/mol. The van der Waals surface area contributed by atoms with Crippen molar-refractivity contribution in [1.82, 2.24) is 0 Å². The molecule has 0 unspecified atom stereocenters. The molecule has 0 saturated carbocycles. The second kappa shape index (κ2) is 44.9. The number of esters is 3. The molecule has 0 saturated heterocycles. The summed E-state index contributed by atoms with van der Waals surface area (Å²) in [6.45, 7) is 11.3. The van der Waals surface area contributed by atoms with Crippen molar-refractivity contribution < 1.29 is 28.6 Å². The average Bonchev–Trinajstić information content (AvgIpc) is 3.19. The Bertz CT molecular complexity index is 885. The lowest BCUT2D eigenvalue weighted by Crippen LogP contribution is -2.30. The molecule has 0 radical (unpaired) electrons. The van der Waals surface area contributed by atoms with Crippen molar-refractivity contribution in [3.05, 3.63) is 0 Å². The molecule has 58 heavy (non-hydrogen) atoms. The lowest BCUT2D eigenvalue weighted by molar-refractivity contribution is -0.167. The van der Waals surface area contributed by atoms with Gasteiger partial charge < -0.3 is 14.2 Å². The quantitative estimate of drug-likeness (QED) is 0.0346. The predicted molar refractivity (Wildman–Crippen MR) is 247 cm³/mol. The topological polar surface area (TPSA) is 78.9 Å². The highest BCUT2D eigenvalue weighted by molar-refractivity contribution is 5.71. The lowest BCUT2D eigenvalue weighted by atomic mass is 10.0. The SMILES string of the molecule is CCCCCCCCCCCCCCCCCCC(=O)OC[C@H](COC(=O)CCCCCCCCCC(C)C)OC(=O)CCCCCCCCCCCCCC(C)C. The summed E-state index contributed by atoms with van der Waals surface area (Å²) < 4.78 is 16.8. The fraction of sp³-hybridized carbons (Fsp3) is 0.942. The van der Waals surface area contributed by atoms with Crippen LogP contribution in [0.4, 0.5) is 0 Å². The van der Waals surface area contributed by atoms with Gasteiger partial charge in [0.05, 0.1) is 0 Å². The standard InChI is InChI=1S/C52H100O6/c1-6-7-8-9-10-11-12-13-14-15-16-19-22-27-32-37-42-50(53)56-45-49(46-57-51(54)43-38-33-29-24-26-31-36-41-48(4)5)58-52(55)44-39-34-28-23-20-17-18-21-25-30-35-40-47(2)3/h47-49H,6-46H2,1-5H3/t49-/m1/s1. The molecular formula is C52H100O6. The van der Waals surface area contributed by atoms with E-state index in [4.69, 9.17) is 14.2 Å². The highest BCUT2D eigenvalue weighted by atomic mass is 16.6. The summed E-state index contributed by atoms with van der Waals surface area (Å²) in [6, 6.07) is 0.